The summed E-state index contributed by atoms with van der Waals surface area (Å²) < 4.78 is 14.5. The molecule has 0 unspecified atom stereocenters. The minimum Gasteiger partial charge on any atom is -0.411 e. The normalized spacial score (nSPS) is 27.6. The predicted octanol–water partition coefficient (Wildman–Crippen LogP) is 2.01. The number of hydrogen-bond donors (Lipinski definition) is 2. The molecule has 7 nitrogen and oxygen atoms in total. The first-order valence-electron chi connectivity index (χ1n) is 8.30. The van der Waals surface area contributed by atoms with Crippen molar-refractivity contribution < 1.29 is 14.3 Å². The van der Waals surface area contributed by atoms with E-state index in [1.807, 2.05) is 0 Å². The Hall–Kier alpha value is -0.493. The zero-order chi connectivity index (χ0) is 19.0. The Kier molecular flexibility index (Phi) is 6.04. The smallest absolute Gasteiger partial charge is 0.330 e. The third-order valence-electron chi connectivity index (χ3n) is 5.27. The molecule has 3 atom stereocenters. The summed E-state index contributed by atoms with van der Waals surface area (Å²) in [5.74, 6) is 0. The number of hydrogen-bond acceptors (Lipinski definition) is 5. The third kappa shape index (κ3) is 4.10. The van der Waals surface area contributed by atoms with Crippen LogP contribution in [0.15, 0.2) is 21.9 Å². The minimum atomic E-state index is -2.08. The summed E-state index contributed by atoms with van der Waals surface area (Å²) in [4.78, 5) is 25.6. The fourth-order valence-electron chi connectivity index (χ4n) is 2.60. The molecule has 0 aliphatic carbocycles. The molecule has 142 valence electrons. The number of H-pyrrole nitrogens is 1. The molecule has 0 spiro atoms. The van der Waals surface area contributed by atoms with Crippen LogP contribution in [0.3, 0.4) is 0 Å². The first kappa shape index (κ1) is 20.8. The van der Waals surface area contributed by atoms with E-state index in [1.54, 1.807) is 0 Å². The molecule has 1 aliphatic heterocycles. The molecule has 2 N–H and O–H groups in total. The van der Waals surface area contributed by atoms with Gasteiger partial charge >= 0.3 is 5.69 Å². The zero-order valence-electron chi connectivity index (χ0n) is 15.3. The lowest BCUT2D eigenvalue weighted by Gasteiger charge is -2.42. The lowest BCUT2D eigenvalue weighted by molar-refractivity contribution is -0.109. The van der Waals surface area contributed by atoms with Gasteiger partial charge in [-0.25, -0.2) is 4.79 Å². The van der Waals surface area contributed by atoms with E-state index >= 15 is 0 Å². The van der Waals surface area contributed by atoms with Gasteiger partial charge in [0, 0.05) is 23.1 Å². The standard InChI is InChI=1S/C16H27IN2O5Si/c1-15(2,3)25(4,5)24-11-8-13(23-16(11,9-17)10-20)19-7-6-12(21)18-14(19)22/h6-7,11,13,20H,8-10H2,1-5H3,(H,18,21,22)/t11-,13+,16+/m0/s1. The summed E-state index contributed by atoms with van der Waals surface area (Å²) in [5.41, 5.74) is -1.84. The molecular weight excluding hydrogens is 455 g/mol. The summed E-state index contributed by atoms with van der Waals surface area (Å²) in [6.07, 6.45) is 0.970. The maximum Gasteiger partial charge on any atom is 0.330 e. The SMILES string of the molecule is CC(C)(C)[Si](C)(C)O[C@H]1C[C@H](n2ccc(=O)[nH]c2=O)O[C@@]1(CO)CI. The molecule has 9 heteroatoms. The molecule has 1 aromatic rings. The van der Waals surface area contributed by atoms with Gasteiger partial charge < -0.3 is 14.3 Å². The monoisotopic (exact) mass is 482 g/mol. The number of rotatable bonds is 5. The molecule has 0 aromatic carbocycles. The van der Waals surface area contributed by atoms with Crippen molar-refractivity contribution in [2.24, 2.45) is 0 Å². The highest BCUT2D eigenvalue weighted by atomic mass is 127. The number of aliphatic hydroxyl groups excluding tert-OH is 1. The second kappa shape index (κ2) is 7.26. The maximum absolute atomic E-state index is 12.1. The van der Waals surface area contributed by atoms with Crippen LogP contribution in [0.4, 0.5) is 0 Å². The molecule has 1 fully saturated rings. The highest BCUT2D eigenvalue weighted by Gasteiger charge is 2.53. The number of aromatic nitrogens is 2. The van der Waals surface area contributed by atoms with Crippen LogP contribution in [-0.4, -0.2) is 45.7 Å². The third-order valence-corrected chi connectivity index (χ3v) is 11.0. The summed E-state index contributed by atoms with van der Waals surface area (Å²) in [7, 11) is -2.08. The van der Waals surface area contributed by atoms with Gasteiger partial charge in [0.25, 0.3) is 5.56 Å². The number of alkyl halides is 1. The number of aliphatic hydroxyl groups is 1. The molecule has 0 amide bonds. The number of nitrogens with one attached hydrogen (secondary N) is 1. The van der Waals surface area contributed by atoms with E-state index in [-0.39, 0.29) is 17.7 Å². The van der Waals surface area contributed by atoms with Gasteiger partial charge in [-0.2, -0.15) is 0 Å². The van der Waals surface area contributed by atoms with Gasteiger partial charge in [-0.1, -0.05) is 43.4 Å². The maximum atomic E-state index is 12.1. The number of aromatic amines is 1. The Bertz CT molecular complexity index is 720. The molecule has 0 bridgehead atoms. The number of ether oxygens (including phenoxy) is 1. The quantitative estimate of drug-likeness (QED) is 0.381. The van der Waals surface area contributed by atoms with Gasteiger partial charge in [-0.15, -0.1) is 0 Å². The highest BCUT2D eigenvalue weighted by Crippen LogP contribution is 2.44. The van der Waals surface area contributed by atoms with Crippen LogP contribution in [0.5, 0.6) is 0 Å². The van der Waals surface area contributed by atoms with Crippen LogP contribution in [0.2, 0.25) is 18.1 Å². The van der Waals surface area contributed by atoms with Crippen LogP contribution < -0.4 is 11.2 Å². The first-order valence-corrected chi connectivity index (χ1v) is 12.7. The van der Waals surface area contributed by atoms with Gasteiger partial charge in [-0.3, -0.25) is 14.3 Å². The van der Waals surface area contributed by atoms with E-state index in [1.165, 1.54) is 16.8 Å². The number of halogens is 1. The Morgan fingerprint density at radius 1 is 1.48 bits per heavy atom. The van der Waals surface area contributed by atoms with Gasteiger partial charge in [0.15, 0.2) is 8.32 Å². The van der Waals surface area contributed by atoms with E-state index in [2.05, 4.69) is 61.4 Å². The minimum absolute atomic E-state index is 0.0202. The van der Waals surface area contributed by atoms with E-state index < -0.39 is 31.4 Å². The molecule has 0 radical (unpaired) electrons. The average molecular weight is 482 g/mol. The second-order valence-corrected chi connectivity index (χ2v) is 13.6. The van der Waals surface area contributed by atoms with Crippen molar-refractivity contribution in [3.8, 4) is 0 Å². The Labute approximate surface area is 162 Å². The first-order chi connectivity index (χ1) is 11.5. The summed E-state index contributed by atoms with van der Waals surface area (Å²) in [6, 6.07) is 1.29. The van der Waals surface area contributed by atoms with Crippen molar-refractivity contribution in [2.45, 2.75) is 63.3 Å². The van der Waals surface area contributed by atoms with E-state index in [0.717, 1.165) is 0 Å². The molecule has 25 heavy (non-hydrogen) atoms. The zero-order valence-corrected chi connectivity index (χ0v) is 18.5. The molecule has 1 aliphatic rings. The summed E-state index contributed by atoms with van der Waals surface area (Å²) >= 11 is 2.18. The Morgan fingerprint density at radius 2 is 2.12 bits per heavy atom. The van der Waals surface area contributed by atoms with Gasteiger partial charge in [0.2, 0.25) is 0 Å². The van der Waals surface area contributed by atoms with Crippen LogP contribution in [-0.2, 0) is 9.16 Å². The predicted molar refractivity (Wildman–Crippen MR) is 107 cm³/mol. The average Bonchev–Trinajstić information content (AvgIpc) is 2.84. The molecule has 2 heterocycles. The van der Waals surface area contributed by atoms with E-state index in [9.17, 15) is 14.7 Å². The van der Waals surface area contributed by atoms with Gasteiger partial charge in [-0.05, 0) is 18.1 Å². The van der Waals surface area contributed by atoms with E-state index in [4.69, 9.17) is 9.16 Å². The second-order valence-electron chi connectivity index (χ2n) is 8.05. The highest BCUT2D eigenvalue weighted by molar-refractivity contribution is 14.1. The molecule has 0 saturated carbocycles. The lowest BCUT2D eigenvalue weighted by atomic mass is 10.0. The van der Waals surface area contributed by atoms with E-state index in [0.29, 0.717) is 10.8 Å². The Morgan fingerprint density at radius 3 is 2.60 bits per heavy atom. The lowest BCUT2D eigenvalue weighted by Crippen LogP contribution is -2.53. The molecule has 1 saturated heterocycles. The van der Waals surface area contributed by atoms with Crippen molar-refractivity contribution >= 4 is 30.9 Å². The van der Waals surface area contributed by atoms with Crippen molar-refractivity contribution in [3.63, 3.8) is 0 Å². The van der Waals surface area contributed by atoms with Crippen LogP contribution in [0, 0.1) is 0 Å². The van der Waals surface area contributed by atoms with Crippen molar-refractivity contribution in [2.75, 3.05) is 11.0 Å². The van der Waals surface area contributed by atoms with Gasteiger partial charge in [0.05, 0.1) is 12.7 Å². The number of nitrogens with zero attached hydrogens (tertiary/aromatic N) is 1. The molecular formula is C16H27IN2O5Si. The summed E-state index contributed by atoms with van der Waals surface area (Å²) in [5, 5.41) is 10.0. The van der Waals surface area contributed by atoms with Crippen molar-refractivity contribution in [1.29, 1.82) is 0 Å². The fraction of sp³-hybridized carbons (Fsp3) is 0.750. The molecule has 1 aromatic heterocycles. The van der Waals surface area contributed by atoms with Crippen molar-refractivity contribution in [3.05, 3.63) is 33.1 Å². The molecule has 2 rings (SSSR count). The van der Waals surface area contributed by atoms with Gasteiger partial charge in [0.1, 0.15) is 11.8 Å². The van der Waals surface area contributed by atoms with Crippen LogP contribution in [0.1, 0.15) is 33.4 Å². The largest absolute Gasteiger partial charge is 0.411 e. The van der Waals surface area contributed by atoms with Crippen LogP contribution in [0.25, 0.3) is 0 Å². The van der Waals surface area contributed by atoms with Crippen molar-refractivity contribution in [1.82, 2.24) is 9.55 Å². The summed E-state index contributed by atoms with van der Waals surface area (Å²) in [6.45, 7) is 10.6. The fourth-order valence-corrected chi connectivity index (χ4v) is 4.89. The van der Waals surface area contributed by atoms with Crippen LogP contribution >= 0.6 is 22.6 Å². The Balaban J connectivity index is 2.36. The topological polar surface area (TPSA) is 93.6 Å².